The Labute approximate surface area is 137 Å². The van der Waals surface area contributed by atoms with E-state index in [1.807, 2.05) is 19.2 Å². The number of carbonyl (C=O) groups is 1. The number of nitrogens with one attached hydrogen (secondary N) is 1. The number of rotatable bonds is 9. The highest BCUT2D eigenvalue weighted by Gasteiger charge is 2.18. The molecule has 1 N–H and O–H groups in total. The summed E-state index contributed by atoms with van der Waals surface area (Å²) in [6, 6.07) is 0.344. The number of hydrogen-bond acceptors (Lipinski definition) is 2. The Hall–Kier alpha value is -1.32. The summed E-state index contributed by atoms with van der Waals surface area (Å²) in [5.41, 5.74) is 0. The zero-order valence-electron chi connectivity index (χ0n) is 15.5. The summed E-state index contributed by atoms with van der Waals surface area (Å²) in [6.45, 7) is 14.3. The minimum atomic E-state index is -0.120. The molecule has 22 heavy (non-hydrogen) atoms. The Kier molecular flexibility index (Phi) is 10.6. The van der Waals surface area contributed by atoms with Crippen molar-refractivity contribution in [3.05, 3.63) is 12.3 Å². The smallest absolute Gasteiger partial charge is 0.225 e. The van der Waals surface area contributed by atoms with Crippen molar-refractivity contribution in [2.75, 3.05) is 0 Å². The van der Waals surface area contributed by atoms with Gasteiger partial charge in [-0.25, -0.2) is 4.99 Å². The van der Waals surface area contributed by atoms with Gasteiger partial charge in [0.2, 0.25) is 5.91 Å². The fourth-order valence-corrected chi connectivity index (χ4v) is 2.29. The van der Waals surface area contributed by atoms with E-state index in [1.165, 1.54) is 0 Å². The van der Waals surface area contributed by atoms with Gasteiger partial charge in [0, 0.05) is 19.2 Å². The Bertz CT molecular complexity index is 373. The van der Waals surface area contributed by atoms with E-state index < -0.39 is 0 Å². The van der Waals surface area contributed by atoms with Crippen LogP contribution < -0.4 is 5.32 Å². The first kappa shape index (κ1) is 20.7. The van der Waals surface area contributed by atoms with Crippen LogP contribution in [0.3, 0.4) is 0 Å². The molecule has 1 unspecified atom stereocenters. The van der Waals surface area contributed by atoms with Gasteiger partial charge < -0.3 is 5.32 Å². The fraction of sp³-hybridized carbons (Fsp3) is 0.778. The van der Waals surface area contributed by atoms with Crippen molar-refractivity contribution in [3.8, 4) is 0 Å². The van der Waals surface area contributed by atoms with Crippen molar-refractivity contribution >= 4 is 11.7 Å². The third-order valence-electron chi connectivity index (χ3n) is 3.27. The highest BCUT2D eigenvalue weighted by molar-refractivity contribution is 5.80. The van der Waals surface area contributed by atoms with Gasteiger partial charge in [0.25, 0.3) is 0 Å². The Morgan fingerprint density at radius 1 is 1.18 bits per heavy atom. The maximum atomic E-state index is 12.0. The number of nitrogens with zero attached hydrogens (tertiary/aromatic N) is 2. The van der Waals surface area contributed by atoms with Crippen molar-refractivity contribution in [3.63, 3.8) is 0 Å². The van der Waals surface area contributed by atoms with E-state index in [-0.39, 0.29) is 12.1 Å². The zero-order valence-corrected chi connectivity index (χ0v) is 15.5. The second-order valence-corrected chi connectivity index (χ2v) is 6.54. The molecule has 1 atom stereocenters. The third kappa shape index (κ3) is 9.59. The van der Waals surface area contributed by atoms with Crippen LogP contribution in [-0.4, -0.2) is 28.9 Å². The number of aliphatic imine (C=N–C) groups is 1. The van der Waals surface area contributed by atoms with Crippen molar-refractivity contribution in [1.29, 1.82) is 0 Å². The highest BCUT2D eigenvalue weighted by atomic mass is 16.2. The van der Waals surface area contributed by atoms with Crippen molar-refractivity contribution in [2.24, 2.45) is 10.9 Å². The van der Waals surface area contributed by atoms with Crippen molar-refractivity contribution in [1.82, 2.24) is 10.2 Å². The van der Waals surface area contributed by atoms with Crippen LogP contribution in [0, 0.1) is 5.92 Å². The Morgan fingerprint density at radius 3 is 2.27 bits per heavy atom. The number of amidine groups is 1. The van der Waals surface area contributed by atoms with E-state index in [0.717, 1.165) is 31.5 Å². The van der Waals surface area contributed by atoms with Crippen LogP contribution >= 0.6 is 0 Å². The third-order valence-corrected chi connectivity index (χ3v) is 3.27. The molecule has 0 rings (SSSR count). The average molecular weight is 309 g/mol. The lowest BCUT2D eigenvalue weighted by atomic mass is 10.1. The molecule has 0 aliphatic heterocycles. The molecule has 0 spiro atoms. The SMILES string of the molecule is CCC=CN(C(C)=O)C(CCCC(C)C)N=C(C)NC(C)C. The summed E-state index contributed by atoms with van der Waals surface area (Å²) in [5.74, 6) is 1.61. The topological polar surface area (TPSA) is 44.7 Å². The van der Waals surface area contributed by atoms with E-state index in [1.54, 1.807) is 11.8 Å². The molecule has 4 nitrogen and oxygen atoms in total. The average Bonchev–Trinajstić information content (AvgIpc) is 2.36. The predicted octanol–water partition coefficient (Wildman–Crippen LogP) is 4.33. The molecule has 0 radical (unpaired) electrons. The molecule has 4 heteroatoms. The minimum Gasteiger partial charge on any atom is -0.372 e. The summed E-state index contributed by atoms with van der Waals surface area (Å²) in [5, 5.41) is 3.31. The summed E-state index contributed by atoms with van der Waals surface area (Å²) >= 11 is 0. The normalized spacial score (nSPS) is 14.0. The number of carbonyl (C=O) groups excluding carboxylic acids is 1. The van der Waals surface area contributed by atoms with Crippen molar-refractivity contribution < 1.29 is 4.79 Å². The molecule has 0 aliphatic carbocycles. The van der Waals surface area contributed by atoms with Crippen molar-refractivity contribution in [2.45, 2.75) is 86.4 Å². The van der Waals surface area contributed by atoms with Crippen LogP contribution in [0.1, 0.15) is 74.1 Å². The molecule has 0 aromatic heterocycles. The molecule has 0 fully saturated rings. The van der Waals surface area contributed by atoms with E-state index in [0.29, 0.717) is 12.0 Å². The lowest BCUT2D eigenvalue weighted by molar-refractivity contribution is -0.128. The van der Waals surface area contributed by atoms with Gasteiger partial charge in [0.1, 0.15) is 6.17 Å². The lowest BCUT2D eigenvalue weighted by Gasteiger charge is -2.26. The van der Waals surface area contributed by atoms with Gasteiger partial charge in [-0.3, -0.25) is 9.69 Å². The Morgan fingerprint density at radius 2 is 1.82 bits per heavy atom. The first-order valence-electron chi connectivity index (χ1n) is 8.54. The monoisotopic (exact) mass is 309 g/mol. The van der Waals surface area contributed by atoms with E-state index >= 15 is 0 Å². The molecule has 0 aliphatic rings. The predicted molar refractivity (Wildman–Crippen MR) is 95.8 cm³/mol. The minimum absolute atomic E-state index is 0.0420. The van der Waals surface area contributed by atoms with Crippen LogP contribution in [-0.2, 0) is 4.79 Å². The summed E-state index contributed by atoms with van der Waals surface area (Å²) in [4.78, 5) is 18.5. The molecule has 0 aromatic carbocycles. The van der Waals surface area contributed by atoms with Crippen LogP contribution in [0.15, 0.2) is 17.3 Å². The van der Waals surface area contributed by atoms with Crippen LogP contribution in [0.5, 0.6) is 0 Å². The molecule has 0 heterocycles. The second-order valence-electron chi connectivity index (χ2n) is 6.54. The lowest BCUT2D eigenvalue weighted by Crippen LogP contribution is -2.36. The molecule has 0 saturated carbocycles. The quantitative estimate of drug-likeness (QED) is 0.509. The van der Waals surface area contributed by atoms with E-state index in [9.17, 15) is 4.79 Å². The van der Waals surface area contributed by atoms with Gasteiger partial charge >= 0.3 is 0 Å². The first-order valence-corrected chi connectivity index (χ1v) is 8.54. The molecule has 0 saturated heterocycles. The van der Waals surface area contributed by atoms with Crippen LogP contribution in [0.4, 0.5) is 0 Å². The van der Waals surface area contributed by atoms with Gasteiger partial charge in [0.15, 0.2) is 0 Å². The second kappa shape index (κ2) is 11.3. The van der Waals surface area contributed by atoms with Crippen LogP contribution in [0.25, 0.3) is 0 Å². The number of allylic oxidation sites excluding steroid dienone is 1. The fourth-order valence-electron chi connectivity index (χ4n) is 2.29. The van der Waals surface area contributed by atoms with E-state index in [4.69, 9.17) is 4.99 Å². The maximum Gasteiger partial charge on any atom is 0.225 e. The van der Waals surface area contributed by atoms with E-state index in [2.05, 4.69) is 39.9 Å². The Balaban J connectivity index is 5.09. The first-order chi connectivity index (χ1) is 10.3. The van der Waals surface area contributed by atoms with Gasteiger partial charge in [-0.05, 0) is 46.0 Å². The van der Waals surface area contributed by atoms with Gasteiger partial charge in [-0.1, -0.05) is 33.3 Å². The molecular weight excluding hydrogens is 274 g/mol. The zero-order chi connectivity index (χ0) is 17.1. The molecule has 0 aromatic rings. The number of amides is 1. The summed E-state index contributed by atoms with van der Waals surface area (Å²) in [7, 11) is 0. The van der Waals surface area contributed by atoms with Gasteiger partial charge in [0.05, 0.1) is 5.84 Å². The maximum absolute atomic E-state index is 12.0. The highest BCUT2D eigenvalue weighted by Crippen LogP contribution is 2.15. The molecule has 0 bridgehead atoms. The largest absolute Gasteiger partial charge is 0.372 e. The van der Waals surface area contributed by atoms with Gasteiger partial charge in [-0.2, -0.15) is 0 Å². The molecular formula is C18H35N3O. The summed E-state index contributed by atoms with van der Waals surface area (Å²) < 4.78 is 0. The summed E-state index contributed by atoms with van der Waals surface area (Å²) in [6.07, 6.45) is 7.81. The molecule has 128 valence electrons. The molecule has 1 amide bonds. The van der Waals surface area contributed by atoms with Gasteiger partial charge in [-0.15, -0.1) is 0 Å². The number of hydrogen-bond donors (Lipinski definition) is 1. The standard InChI is InChI=1S/C18H35N3O/c1-8-9-13-21(17(7)22)18(12-10-11-14(2)3)20-16(6)19-15(4)5/h9,13-15,18H,8,10-12H2,1-7H3,(H,19,20). The van der Waals surface area contributed by atoms with Crippen LogP contribution in [0.2, 0.25) is 0 Å².